The second kappa shape index (κ2) is 15.1. The molecule has 0 bridgehead atoms. The van der Waals surface area contributed by atoms with Crippen molar-refractivity contribution in [1.82, 2.24) is 0 Å². The van der Waals surface area contributed by atoms with Gasteiger partial charge in [-0.05, 0) is 18.4 Å². The van der Waals surface area contributed by atoms with Gasteiger partial charge in [0.1, 0.15) is 6.23 Å². The van der Waals surface area contributed by atoms with Crippen LogP contribution >= 0.6 is 0 Å². The number of hydrogen-bond donors (Lipinski definition) is 0. The van der Waals surface area contributed by atoms with Gasteiger partial charge in [0, 0.05) is 18.9 Å². The van der Waals surface area contributed by atoms with Crippen LogP contribution in [-0.4, -0.2) is 25.9 Å². The standard InChI is InChI=1S/C15H29N3O3/c1-14(19)21-13-11-9-7-5-3-4-6-8-10-12-15(20-2)17-18-16/h15H,3-13H2,1-2H3. The number of carbonyl (C=O) groups excluding carboxylic acids is 1. The Labute approximate surface area is 127 Å². The lowest BCUT2D eigenvalue weighted by Crippen LogP contribution is -2.05. The van der Waals surface area contributed by atoms with Gasteiger partial charge in [0.15, 0.2) is 0 Å². The van der Waals surface area contributed by atoms with Gasteiger partial charge in [-0.25, -0.2) is 0 Å². The molecule has 0 aliphatic heterocycles. The predicted molar refractivity (Wildman–Crippen MR) is 82.7 cm³/mol. The first-order chi connectivity index (χ1) is 10.2. The van der Waals surface area contributed by atoms with Gasteiger partial charge in [-0.1, -0.05) is 56.5 Å². The van der Waals surface area contributed by atoms with E-state index in [0.717, 1.165) is 32.1 Å². The van der Waals surface area contributed by atoms with E-state index < -0.39 is 0 Å². The Balaban J connectivity index is 3.18. The molecule has 0 aromatic rings. The molecule has 0 spiro atoms. The first-order valence-corrected chi connectivity index (χ1v) is 7.91. The third-order valence-electron chi connectivity index (χ3n) is 3.35. The fourth-order valence-corrected chi connectivity index (χ4v) is 2.15. The molecule has 122 valence electrons. The van der Waals surface area contributed by atoms with Gasteiger partial charge in [0.25, 0.3) is 0 Å². The molecule has 6 nitrogen and oxygen atoms in total. The van der Waals surface area contributed by atoms with Crippen molar-refractivity contribution in [3.05, 3.63) is 10.4 Å². The van der Waals surface area contributed by atoms with Crippen LogP contribution in [0.2, 0.25) is 0 Å². The zero-order valence-electron chi connectivity index (χ0n) is 13.4. The highest BCUT2D eigenvalue weighted by Crippen LogP contribution is 2.12. The summed E-state index contributed by atoms with van der Waals surface area (Å²) in [6.45, 7) is 2.00. The third kappa shape index (κ3) is 15.0. The van der Waals surface area contributed by atoms with Gasteiger partial charge in [0.2, 0.25) is 0 Å². The van der Waals surface area contributed by atoms with E-state index in [-0.39, 0.29) is 12.2 Å². The number of esters is 1. The minimum absolute atomic E-state index is 0.189. The molecule has 0 amide bonds. The fourth-order valence-electron chi connectivity index (χ4n) is 2.15. The number of hydrogen-bond acceptors (Lipinski definition) is 4. The van der Waals surface area contributed by atoms with Crippen LogP contribution in [0, 0.1) is 0 Å². The quantitative estimate of drug-likeness (QED) is 0.153. The molecule has 0 saturated carbocycles. The number of nitrogens with zero attached hydrogens (tertiary/aromatic N) is 3. The van der Waals surface area contributed by atoms with Gasteiger partial charge < -0.3 is 9.47 Å². The van der Waals surface area contributed by atoms with Crippen LogP contribution in [0.25, 0.3) is 10.4 Å². The second-order valence-electron chi connectivity index (χ2n) is 5.21. The van der Waals surface area contributed by atoms with Gasteiger partial charge in [-0.3, -0.25) is 4.79 Å². The molecule has 0 saturated heterocycles. The van der Waals surface area contributed by atoms with Crippen molar-refractivity contribution in [3.63, 3.8) is 0 Å². The van der Waals surface area contributed by atoms with Gasteiger partial charge in [-0.15, -0.1) is 0 Å². The van der Waals surface area contributed by atoms with Crippen LogP contribution in [-0.2, 0) is 14.3 Å². The van der Waals surface area contributed by atoms with E-state index in [1.54, 1.807) is 7.11 Å². The van der Waals surface area contributed by atoms with E-state index in [1.807, 2.05) is 0 Å². The fraction of sp³-hybridized carbons (Fsp3) is 0.933. The maximum absolute atomic E-state index is 10.5. The third-order valence-corrected chi connectivity index (χ3v) is 3.35. The van der Waals surface area contributed by atoms with E-state index in [9.17, 15) is 4.79 Å². The van der Waals surface area contributed by atoms with E-state index in [0.29, 0.717) is 6.61 Å². The lowest BCUT2D eigenvalue weighted by molar-refractivity contribution is -0.141. The topological polar surface area (TPSA) is 84.3 Å². The van der Waals surface area contributed by atoms with Crippen molar-refractivity contribution in [2.45, 2.75) is 77.4 Å². The highest BCUT2D eigenvalue weighted by Gasteiger charge is 2.02. The number of methoxy groups -OCH3 is 1. The molecule has 6 heteroatoms. The van der Waals surface area contributed by atoms with Crippen LogP contribution in [0.3, 0.4) is 0 Å². The monoisotopic (exact) mass is 299 g/mol. The molecule has 0 heterocycles. The summed E-state index contributed by atoms with van der Waals surface area (Å²) < 4.78 is 9.93. The SMILES string of the molecule is COC(CCCCCCCCCCCOC(C)=O)N=[N+]=[N-]. The van der Waals surface area contributed by atoms with Gasteiger partial charge >= 0.3 is 5.97 Å². The van der Waals surface area contributed by atoms with Crippen LogP contribution in [0.4, 0.5) is 0 Å². The largest absolute Gasteiger partial charge is 0.466 e. The Hall–Kier alpha value is -1.26. The number of unbranched alkanes of at least 4 members (excludes halogenated alkanes) is 8. The van der Waals surface area contributed by atoms with Crippen molar-refractivity contribution in [2.75, 3.05) is 13.7 Å². The lowest BCUT2D eigenvalue weighted by Gasteiger charge is -2.08. The Bertz CT molecular complexity index is 305. The molecular weight excluding hydrogens is 270 g/mol. The van der Waals surface area contributed by atoms with Crippen molar-refractivity contribution >= 4 is 5.97 Å². The van der Waals surface area contributed by atoms with Gasteiger partial charge in [-0.2, -0.15) is 0 Å². The Morgan fingerprint density at radius 1 is 1.05 bits per heavy atom. The van der Waals surface area contributed by atoms with Crippen molar-refractivity contribution in [3.8, 4) is 0 Å². The van der Waals surface area contributed by atoms with Crippen molar-refractivity contribution < 1.29 is 14.3 Å². The summed E-state index contributed by atoms with van der Waals surface area (Å²) in [5, 5.41) is 3.56. The van der Waals surface area contributed by atoms with E-state index in [1.165, 1.54) is 39.0 Å². The second-order valence-corrected chi connectivity index (χ2v) is 5.21. The predicted octanol–water partition coefficient (Wildman–Crippen LogP) is 4.73. The van der Waals surface area contributed by atoms with E-state index in [2.05, 4.69) is 10.0 Å². The molecule has 0 aliphatic rings. The zero-order chi connectivity index (χ0) is 15.8. The molecular formula is C15H29N3O3. The molecule has 21 heavy (non-hydrogen) atoms. The van der Waals surface area contributed by atoms with E-state index in [4.69, 9.17) is 15.0 Å². The zero-order valence-corrected chi connectivity index (χ0v) is 13.4. The van der Waals surface area contributed by atoms with E-state index >= 15 is 0 Å². The molecule has 0 N–H and O–H groups in total. The molecule has 0 radical (unpaired) electrons. The molecule has 0 fully saturated rings. The molecule has 1 unspecified atom stereocenters. The van der Waals surface area contributed by atoms with Crippen molar-refractivity contribution in [1.29, 1.82) is 0 Å². The average Bonchev–Trinajstić information content (AvgIpc) is 2.46. The number of carbonyl (C=O) groups is 1. The van der Waals surface area contributed by atoms with Gasteiger partial charge in [0.05, 0.1) is 6.61 Å². The highest BCUT2D eigenvalue weighted by atomic mass is 16.5. The normalized spacial score (nSPS) is 11.7. The summed E-state index contributed by atoms with van der Waals surface area (Å²) in [7, 11) is 1.57. The van der Waals surface area contributed by atoms with Crippen LogP contribution in [0.15, 0.2) is 5.11 Å². The summed E-state index contributed by atoms with van der Waals surface area (Å²) in [6.07, 6.45) is 11.0. The summed E-state index contributed by atoms with van der Waals surface area (Å²) in [5.41, 5.74) is 8.33. The summed E-state index contributed by atoms with van der Waals surface area (Å²) in [6, 6.07) is 0. The Kier molecular flexibility index (Phi) is 14.2. The lowest BCUT2D eigenvalue weighted by atomic mass is 10.1. The van der Waals surface area contributed by atoms with Crippen LogP contribution < -0.4 is 0 Å². The molecule has 0 rings (SSSR count). The number of ether oxygens (including phenoxy) is 2. The minimum atomic E-state index is -0.313. The maximum Gasteiger partial charge on any atom is 0.302 e. The smallest absolute Gasteiger partial charge is 0.302 e. The first-order valence-electron chi connectivity index (χ1n) is 7.91. The molecule has 0 aromatic carbocycles. The maximum atomic E-state index is 10.5. The minimum Gasteiger partial charge on any atom is -0.466 e. The number of azide groups is 1. The summed E-state index contributed by atoms with van der Waals surface area (Å²) in [4.78, 5) is 13.3. The van der Waals surface area contributed by atoms with Crippen molar-refractivity contribution in [2.24, 2.45) is 5.11 Å². The summed E-state index contributed by atoms with van der Waals surface area (Å²) in [5.74, 6) is -0.189. The molecule has 0 aliphatic carbocycles. The Morgan fingerprint density at radius 2 is 1.57 bits per heavy atom. The summed E-state index contributed by atoms with van der Waals surface area (Å²) >= 11 is 0. The molecule has 1 atom stereocenters. The first kappa shape index (κ1) is 19.7. The highest BCUT2D eigenvalue weighted by molar-refractivity contribution is 5.65. The van der Waals surface area contributed by atoms with Crippen LogP contribution in [0.1, 0.15) is 71.1 Å². The average molecular weight is 299 g/mol. The van der Waals surface area contributed by atoms with Crippen LogP contribution in [0.5, 0.6) is 0 Å². The number of rotatable bonds is 14. The Morgan fingerprint density at radius 3 is 2.05 bits per heavy atom. The molecule has 0 aromatic heterocycles.